The van der Waals surface area contributed by atoms with Gasteiger partial charge in [-0.2, -0.15) is 0 Å². The molecule has 0 fully saturated rings. The molecular weight excluding hydrogens is 70.9 g/mol. The summed E-state index contributed by atoms with van der Waals surface area (Å²) in [5.41, 5.74) is 0. The van der Waals surface area contributed by atoms with Gasteiger partial charge in [0, 0.05) is 1.43 Å². The number of hydrogen-bond acceptors (Lipinski definition) is 0. The van der Waals surface area contributed by atoms with Crippen LogP contribution >= 0.6 is 0 Å². The van der Waals surface area contributed by atoms with Crippen LogP contribution in [0.15, 0.2) is 0 Å². The lowest BCUT2D eigenvalue weighted by Crippen LogP contribution is -1.83. The molecule has 0 nitrogen and oxygen atoms in total. The molecule has 6 heavy (non-hydrogen) atoms. The molecular formula is C5H13B. The first kappa shape index (κ1) is 6.06. The van der Waals surface area contributed by atoms with Gasteiger partial charge in [0.15, 0.2) is 0 Å². The summed E-state index contributed by atoms with van der Waals surface area (Å²) in [5, 5.41) is 0. The van der Waals surface area contributed by atoms with Gasteiger partial charge in [-0.15, -0.1) is 0 Å². The van der Waals surface area contributed by atoms with Crippen molar-refractivity contribution in [1.82, 2.24) is 0 Å². The zero-order valence-corrected chi connectivity index (χ0v) is 4.57. The molecule has 0 aromatic heterocycles. The van der Waals surface area contributed by atoms with Crippen LogP contribution in [0.4, 0.5) is 0 Å². The largest absolute Gasteiger partial charge is 0.0884 e. The van der Waals surface area contributed by atoms with Crippen LogP contribution in [-0.4, -0.2) is 7.85 Å². The van der Waals surface area contributed by atoms with Crippen molar-refractivity contribution in [3.05, 3.63) is 0 Å². The zero-order chi connectivity index (χ0) is 4.99. The lowest BCUT2D eigenvalue weighted by molar-refractivity contribution is 0.626. The first-order chi connectivity index (χ1) is 2.77. The van der Waals surface area contributed by atoms with E-state index < -0.39 is 0 Å². The van der Waals surface area contributed by atoms with Gasteiger partial charge in [-0.05, 0) is 5.92 Å². The second-order valence-corrected chi connectivity index (χ2v) is 1.97. The van der Waals surface area contributed by atoms with Gasteiger partial charge in [-0.25, -0.2) is 0 Å². The molecule has 0 aliphatic carbocycles. The monoisotopic (exact) mass is 84.1 g/mol. The molecule has 0 saturated heterocycles. The Morgan fingerprint density at radius 1 is 1.67 bits per heavy atom. The molecule has 0 aromatic carbocycles. The van der Waals surface area contributed by atoms with E-state index in [1.54, 1.807) is 0 Å². The van der Waals surface area contributed by atoms with E-state index in [2.05, 4.69) is 13.8 Å². The van der Waals surface area contributed by atoms with Crippen LogP contribution in [0.1, 0.15) is 21.7 Å². The van der Waals surface area contributed by atoms with Crippen LogP contribution < -0.4 is 0 Å². The molecule has 0 amide bonds. The first-order valence-electron chi connectivity index (χ1n) is 2.47. The van der Waals surface area contributed by atoms with Gasteiger partial charge in [0.25, 0.3) is 0 Å². The van der Waals surface area contributed by atoms with Gasteiger partial charge >= 0.3 is 0 Å². The lowest BCUT2D eigenvalue weighted by Gasteiger charge is -1.96. The Labute approximate surface area is 42.8 Å². The van der Waals surface area contributed by atoms with Crippen molar-refractivity contribution in [2.75, 3.05) is 0 Å². The van der Waals surface area contributed by atoms with E-state index in [9.17, 15) is 0 Å². The van der Waals surface area contributed by atoms with Crippen LogP contribution in [0, 0.1) is 5.92 Å². The third-order valence-corrected chi connectivity index (χ3v) is 0.744. The number of hydrogen-bond donors (Lipinski definition) is 0. The Hall–Kier alpha value is 0.0649. The molecule has 0 heterocycles. The van der Waals surface area contributed by atoms with Gasteiger partial charge < -0.3 is 0 Å². The SMILES string of the molecule is [B]CCC(C)C.[HH]. The van der Waals surface area contributed by atoms with E-state index in [0.29, 0.717) is 0 Å². The minimum Gasteiger partial charge on any atom is -0.0884 e. The minimum absolute atomic E-state index is 0. The van der Waals surface area contributed by atoms with Gasteiger partial charge in [0.05, 0.1) is 7.85 Å². The van der Waals surface area contributed by atoms with E-state index in [-0.39, 0.29) is 1.43 Å². The Morgan fingerprint density at radius 3 is 2.17 bits per heavy atom. The van der Waals surface area contributed by atoms with Gasteiger partial charge in [0.1, 0.15) is 0 Å². The summed E-state index contributed by atoms with van der Waals surface area (Å²) >= 11 is 0. The van der Waals surface area contributed by atoms with E-state index in [0.717, 1.165) is 18.7 Å². The normalized spacial score (nSPS) is 9.83. The third kappa shape index (κ3) is 4.06. The minimum atomic E-state index is 0. The van der Waals surface area contributed by atoms with Crippen molar-refractivity contribution >= 4 is 7.85 Å². The first-order valence-corrected chi connectivity index (χ1v) is 2.47. The highest BCUT2D eigenvalue weighted by atomic mass is 13.9. The predicted octanol–water partition coefficient (Wildman–Crippen LogP) is 1.87. The molecule has 0 rings (SSSR count). The Kier molecular flexibility index (Phi) is 3.30. The average Bonchev–Trinajstić information content (AvgIpc) is 1.35. The quantitative estimate of drug-likeness (QED) is 0.448. The summed E-state index contributed by atoms with van der Waals surface area (Å²) in [6.45, 7) is 4.35. The summed E-state index contributed by atoms with van der Waals surface area (Å²) < 4.78 is 0. The molecule has 0 aliphatic heterocycles. The molecule has 0 unspecified atom stereocenters. The standard InChI is InChI=1S/C5H11B.H2/c1-5(2)3-4-6;/h5H,3-4H2,1-2H3;1H. The van der Waals surface area contributed by atoms with Crippen molar-refractivity contribution < 1.29 is 1.43 Å². The maximum atomic E-state index is 5.23. The van der Waals surface area contributed by atoms with Crippen LogP contribution in [0.5, 0.6) is 0 Å². The smallest absolute Gasteiger partial charge is 0.0653 e. The van der Waals surface area contributed by atoms with Crippen molar-refractivity contribution in [2.24, 2.45) is 5.92 Å². The topological polar surface area (TPSA) is 0 Å². The molecule has 0 saturated carbocycles. The third-order valence-electron chi connectivity index (χ3n) is 0.744. The highest BCUT2D eigenvalue weighted by Gasteiger charge is 1.85. The summed E-state index contributed by atoms with van der Waals surface area (Å²) in [7, 11) is 5.23. The fourth-order valence-corrected chi connectivity index (χ4v) is 0.333. The Bertz CT molecular complexity index is 29.3. The maximum absolute atomic E-state index is 5.23. The molecule has 0 N–H and O–H groups in total. The highest BCUT2D eigenvalue weighted by Crippen LogP contribution is 1.99. The molecule has 0 aliphatic rings. The number of rotatable bonds is 2. The van der Waals surface area contributed by atoms with E-state index in [1.165, 1.54) is 0 Å². The predicted molar refractivity (Wildman–Crippen MR) is 32.1 cm³/mol. The molecule has 1 heteroatoms. The van der Waals surface area contributed by atoms with Gasteiger partial charge in [-0.1, -0.05) is 26.6 Å². The van der Waals surface area contributed by atoms with Crippen LogP contribution in [0.25, 0.3) is 0 Å². The molecule has 0 bridgehead atoms. The summed E-state index contributed by atoms with van der Waals surface area (Å²) in [6.07, 6.45) is 1.98. The second kappa shape index (κ2) is 3.26. The van der Waals surface area contributed by atoms with Crippen LogP contribution in [0.2, 0.25) is 6.32 Å². The summed E-state index contributed by atoms with van der Waals surface area (Å²) in [4.78, 5) is 0. The zero-order valence-electron chi connectivity index (χ0n) is 4.57. The van der Waals surface area contributed by atoms with E-state index in [4.69, 9.17) is 7.85 Å². The Morgan fingerprint density at radius 2 is 2.17 bits per heavy atom. The van der Waals surface area contributed by atoms with Crippen molar-refractivity contribution in [3.63, 3.8) is 0 Å². The fraction of sp³-hybridized carbons (Fsp3) is 1.00. The van der Waals surface area contributed by atoms with Gasteiger partial charge in [-0.3, -0.25) is 0 Å². The average molecular weight is 84.0 g/mol. The van der Waals surface area contributed by atoms with Crippen molar-refractivity contribution in [1.29, 1.82) is 0 Å². The molecule has 36 valence electrons. The summed E-state index contributed by atoms with van der Waals surface area (Å²) in [5.74, 6) is 0.773. The van der Waals surface area contributed by atoms with Crippen LogP contribution in [0.3, 0.4) is 0 Å². The van der Waals surface area contributed by atoms with Crippen molar-refractivity contribution in [3.8, 4) is 0 Å². The molecule has 2 radical (unpaired) electrons. The lowest BCUT2D eigenvalue weighted by atomic mass is 9.96. The van der Waals surface area contributed by atoms with E-state index in [1.807, 2.05) is 0 Å². The Balaban J connectivity index is 0. The maximum Gasteiger partial charge on any atom is 0.0653 e. The van der Waals surface area contributed by atoms with Gasteiger partial charge in [0.2, 0.25) is 0 Å². The fourth-order valence-electron chi connectivity index (χ4n) is 0.333. The molecule has 0 atom stereocenters. The molecule has 0 aromatic rings. The second-order valence-electron chi connectivity index (χ2n) is 1.97. The molecule has 0 spiro atoms. The van der Waals surface area contributed by atoms with Crippen LogP contribution in [-0.2, 0) is 0 Å². The van der Waals surface area contributed by atoms with E-state index >= 15 is 0 Å². The van der Waals surface area contributed by atoms with Crippen molar-refractivity contribution in [2.45, 2.75) is 26.6 Å². The summed E-state index contributed by atoms with van der Waals surface area (Å²) in [6, 6.07) is 0. The highest BCUT2D eigenvalue weighted by molar-refractivity contribution is 6.08.